The van der Waals surface area contributed by atoms with Crippen LogP contribution in [0.2, 0.25) is 0 Å². The van der Waals surface area contributed by atoms with Crippen molar-refractivity contribution < 1.29 is 9.47 Å². The maximum Gasteiger partial charge on any atom is 0.339 e. The molecule has 0 bridgehead atoms. The van der Waals surface area contributed by atoms with Crippen LogP contribution in [0, 0.1) is 0 Å². The number of para-hydroxylation sites is 1. The van der Waals surface area contributed by atoms with Gasteiger partial charge in [0.1, 0.15) is 0 Å². The highest BCUT2D eigenvalue weighted by atomic mass is 16.5. The average molecular weight is 233 g/mol. The second-order valence-electron chi connectivity index (χ2n) is 3.29. The molecule has 0 saturated heterocycles. The Hall–Kier alpha value is -2.04. The minimum atomic E-state index is 0.333. The topological polar surface area (TPSA) is 49.2 Å². The molecule has 90 valence electrons. The molecule has 2 aromatic rings. The molecule has 0 aliphatic rings. The summed E-state index contributed by atoms with van der Waals surface area (Å²) in [5, 5.41) is 4.25. The number of aromatic nitrogens is 3. The Morgan fingerprint density at radius 2 is 1.76 bits per heavy atom. The third-order valence-electron chi connectivity index (χ3n) is 2.11. The zero-order valence-electron chi connectivity index (χ0n) is 9.96. The Labute approximate surface area is 100 Å². The molecule has 0 unspecified atom stereocenters. The molecule has 0 fully saturated rings. The first kappa shape index (κ1) is 11.4. The second-order valence-corrected chi connectivity index (χ2v) is 3.29. The normalized spacial score (nSPS) is 10.2. The lowest BCUT2D eigenvalue weighted by Crippen LogP contribution is -2.02. The highest BCUT2D eigenvalue weighted by Gasteiger charge is 2.12. The van der Waals surface area contributed by atoms with Crippen molar-refractivity contribution in [2.75, 3.05) is 13.2 Å². The molecule has 0 saturated carbocycles. The molecule has 0 aliphatic carbocycles. The first-order valence-electron chi connectivity index (χ1n) is 5.63. The van der Waals surface area contributed by atoms with Crippen molar-refractivity contribution in [2.24, 2.45) is 0 Å². The molecule has 0 atom stereocenters. The van der Waals surface area contributed by atoms with E-state index in [4.69, 9.17) is 9.47 Å². The van der Waals surface area contributed by atoms with E-state index in [0.717, 1.165) is 5.69 Å². The van der Waals surface area contributed by atoms with Crippen LogP contribution in [-0.2, 0) is 0 Å². The van der Waals surface area contributed by atoms with Crippen molar-refractivity contribution in [1.29, 1.82) is 0 Å². The van der Waals surface area contributed by atoms with Gasteiger partial charge in [-0.05, 0) is 26.0 Å². The third-order valence-corrected chi connectivity index (χ3v) is 2.11. The van der Waals surface area contributed by atoms with E-state index in [1.165, 1.54) is 0 Å². The number of rotatable bonds is 5. The monoisotopic (exact) mass is 233 g/mol. The lowest BCUT2D eigenvalue weighted by Gasteiger charge is -2.04. The molecule has 0 spiro atoms. The van der Waals surface area contributed by atoms with Crippen molar-refractivity contribution >= 4 is 0 Å². The van der Waals surface area contributed by atoms with Crippen LogP contribution in [0.5, 0.6) is 12.0 Å². The summed E-state index contributed by atoms with van der Waals surface area (Å²) in [5.74, 6) is 0. The van der Waals surface area contributed by atoms with Crippen molar-refractivity contribution in [3.8, 4) is 17.7 Å². The summed E-state index contributed by atoms with van der Waals surface area (Å²) in [6.07, 6.45) is 0. The molecular formula is C12H15N3O2. The molecule has 1 heterocycles. The highest BCUT2D eigenvalue weighted by Crippen LogP contribution is 2.18. The van der Waals surface area contributed by atoms with Crippen LogP contribution >= 0.6 is 0 Å². The van der Waals surface area contributed by atoms with Crippen molar-refractivity contribution in [3.05, 3.63) is 30.3 Å². The molecule has 1 aromatic heterocycles. The fourth-order valence-electron chi connectivity index (χ4n) is 1.43. The van der Waals surface area contributed by atoms with Crippen LogP contribution in [0.1, 0.15) is 13.8 Å². The Kier molecular flexibility index (Phi) is 3.59. The molecule has 0 radical (unpaired) electrons. The Morgan fingerprint density at radius 1 is 1.06 bits per heavy atom. The Morgan fingerprint density at radius 3 is 2.41 bits per heavy atom. The van der Waals surface area contributed by atoms with E-state index in [1.54, 1.807) is 4.68 Å². The molecule has 1 aromatic carbocycles. The van der Waals surface area contributed by atoms with Gasteiger partial charge in [0.15, 0.2) is 0 Å². The van der Waals surface area contributed by atoms with Gasteiger partial charge in [-0.25, -0.2) is 0 Å². The summed E-state index contributed by atoms with van der Waals surface area (Å²) in [6, 6.07) is 10.5. The number of nitrogens with zero attached hydrogens (tertiary/aromatic N) is 3. The van der Waals surface area contributed by atoms with Gasteiger partial charge in [-0.2, -0.15) is 4.68 Å². The smallest absolute Gasteiger partial charge is 0.339 e. The molecule has 17 heavy (non-hydrogen) atoms. The highest BCUT2D eigenvalue weighted by molar-refractivity contribution is 5.33. The van der Waals surface area contributed by atoms with Crippen LogP contribution < -0.4 is 9.47 Å². The quantitative estimate of drug-likeness (QED) is 0.793. The van der Waals surface area contributed by atoms with Crippen LogP contribution in [0.25, 0.3) is 5.69 Å². The standard InChI is InChI=1S/C12H15N3O2/c1-3-16-11-13-12(17-4-2)15(14-11)10-8-6-5-7-9-10/h5-9H,3-4H2,1-2H3. The minimum Gasteiger partial charge on any atom is -0.464 e. The van der Waals surface area contributed by atoms with Gasteiger partial charge in [0.2, 0.25) is 0 Å². The van der Waals surface area contributed by atoms with Gasteiger partial charge in [-0.3, -0.25) is 0 Å². The molecular weight excluding hydrogens is 218 g/mol. The molecule has 2 rings (SSSR count). The predicted octanol–water partition coefficient (Wildman–Crippen LogP) is 2.06. The lowest BCUT2D eigenvalue weighted by atomic mass is 10.3. The van der Waals surface area contributed by atoms with Crippen LogP contribution in [-0.4, -0.2) is 28.0 Å². The minimum absolute atomic E-state index is 0.333. The van der Waals surface area contributed by atoms with Crippen LogP contribution in [0.15, 0.2) is 30.3 Å². The fraction of sp³-hybridized carbons (Fsp3) is 0.333. The zero-order valence-corrected chi connectivity index (χ0v) is 9.96. The van der Waals surface area contributed by atoms with E-state index >= 15 is 0 Å². The summed E-state index contributed by atoms with van der Waals surface area (Å²) in [4.78, 5) is 4.17. The molecule has 5 nitrogen and oxygen atoms in total. The van der Waals surface area contributed by atoms with E-state index in [0.29, 0.717) is 25.2 Å². The molecule has 0 aliphatic heterocycles. The van der Waals surface area contributed by atoms with Crippen LogP contribution in [0.3, 0.4) is 0 Å². The fourth-order valence-corrected chi connectivity index (χ4v) is 1.43. The molecule has 0 amide bonds. The number of hydrogen-bond donors (Lipinski definition) is 0. The van der Waals surface area contributed by atoms with E-state index in [2.05, 4.69) is 10.1 Å². The summed E-state index contributed by atoms with van der Waals surface area (Å²) in [5.41, 5.74) is 0.898. The van der Waals surface area contributed by atoms with Crippen molar-refractivity contribution in [1.82, 2.24) is 14.8 Å². The largest absolute Gasteiger partial charge is 0.464 e. The molecule has 0 N–H and O–H groups in total. The van der Waals surface area contributed by atoms with E-state index < -0.39 is 0 Å². The SMILES string of the molecule is CCOc1nc(OCC)n(-c2ccccc2)n1. The average Bonchev–Trinajstić information content (AvgIpc) is 2.74. The lowest BCUT2D eigenvalue weighted by molar-refractivity contribution is 0.297. The summed E-state index contributed by atoms with van der Waals surface area (Å²) < 4.78 is 12.3. The second kappa shape index (κ2) is 5.34. The maximum absolute atomic E-state index is 5.43. The predicted molar refractivity (Wildman–Crippen MR) is 63.7 cm³/mol. The van der Waals surface area contributed by atoms with Gasteiger partial charge in [0.25, 0.3) is 0 Å². The Bertz CT molecular complexity index is 468. The Balaban J connectivity index is 2.37. The van der Waals surface area contributed by atoms with Crippen molar-refractivity contribution in [3.63, 3.8) is 0 Å². The van der Waals surface area contributed by atoms with Crippen molar-refractivity contribution in [2.45, 2.75) is 13.8 Å². The van der Waals surface area contributed by atoms with Gasteiger partial charge < -0.3 is 9.47 Å². The van der Waals surface area contributed by atoms with Gasteiger partial charge in [-0.1, -0.05) is 18.2 Å². The van der Waals surface area contributed by atoms with E-state index in [9.17, 15) is 0 Å². The van der Waals surface area contributed by atoms with Gasteiger partial charge in [0, 0.05) is 0 Å². The summed E-state index contributed by atoms with van der Waals surface area (Å²) in [7, 11) is 0. The summed E-state index contributed by atoms with van der Waals surface area (Å²) in [6.45, 7) is 4.87. The van der Waals surface area contributed by atoms with Gasteiger partial charge >= 0.3 is 12.0 Å². The van der Waals surface area contributed by atoms with Crippen LogP contribution in [0.4, 0.5) is 0 Å². The number of ether oxygens (including phenoxy) is 2. The zero-order chi connectivity index (χ0) is 12.1. The van der Waals surface area contributed by atoms with E-state index in [1.807, 2.05) is 44.2 Å². The molecule has 5 heteroatoms. The summed E-state index contributed by atoms with van der Waals surface area (Å²) >= 11 is 0. The first-order valence-corrected chi connectivity index (χ1v) is 5.63. The van der Waals surface area contributed by atoms with Gasteiger partial charge in [0.05, 0.1) is 18.9 Å². The third kappa shape index (κ3) is 2.55. The van der Waals surface area contributed by atoms with Gasteiger partial charge in [-0.15, -0.1) is 10.1 Å². The number of hydrogen-bond acceptors (Lipinski definition) is 4. The van der Waals surface area contributed by atoms with E-state index in [-0.39, 0.29) is 0 Å². The first-order chi connectivity index (χ1) is 8.35. The number of benzene rings is 1. The maximum atomic E-state index is 5.43.